The summed E-state index contributed by atoms with van der Waals surface area (Å²) in [6.45, 7) is 5.11. The molecule has 1 atom stereocenters. The van der Waals surface area contributed by atoms with Crippen LogP contribution in [0.25, 0.3) is 0 Å². The van der Waals surface area contributed by atoms with Gasteiger partial charge in [-0.3, -0.25) is 0 Å². The topological polar surface area (TPSA) is 99.8 Å². The number of rotatable bonds is 5. The summed E-state index contributed by atoms with van der Waals surface area (Å²) in [5, 5.41) is 27.2. The van der Waals surface area contributed by atoms with Crippen LogP contribution in [0.3, 0.4) is 0 Å². The SMILES string of the molecule is Cc1nnc(Nc2cc(C#N)n(C)c2)cc1NCC1CNCCO1. The number of nitrogens with zero attached hydrogens (tertiary/aromatic N) is 4. The summed E-state index contributed by atoms with van der Waals surface area (Å²) in [5.74, 6) is 0.626. The minimum absolute atomic E-state index is 0.148. The average molecular weight is 327 g/mol. The number of nitrogens with one attached hydrogen (secondary N) is 3. The van der Waals surface area contributed by atoms with E-state index in [1.54, 1.807) is 10.6 Å². The fraction of sp³-hybridized carbons (Fsp3) is 0.438. The second-order valence-electron chi connectivity index (χ2n) is 5.77. The molecular formula is C16H21N7O. The number of morpholine rings is 1. The molecule has 8 heteroatoms. The molecule has 8 nitrogen and oxygen atoms in total. The van der Waals surface area contributed by atoms with Crippen molar-refractivity contribution in [3.05, 3.63) is 29.7 Å². The van der Waals surface area contributed by atoms with Crippen molar-refractivity contribution in [1.29, 1.82) is 5.26 Å². The predicted molar refractivity (Wildman–Crippen MR) is 91.3 cm³/mol. The molecule has 0 spiro atoms. The van der Waals surface area contributed by atoms with Gasteiger partial charge in [0.1, 0.15) is 11.8 Å². The predicted octanol–water partition coefficient (Wildman–Crippen LogP) is 1.14. The summed E-state index contributed by atoms with van der Waals surface area (Å²) in [5.41, 5.74) is 3.13. The first-order valence-corrected chi connectivity index (χ1v) is 7.89. The van der Waals surface area contributed by atoms with E-state index in [1.165, 1.54) is 0 Å². The quantitative estimate of drug-likeness (QED) is 0.757. The normalized spacial score (nSPS) is 17.3. The van der Waals surface area contributed by atoms with Gasteiger partial charge in [0.05, 0.1) is 29.8 Å². The van der Waals surface area contributed by atoms with Gasteiger partial charge in [0.2, 0.25) is 0 Å². The number of aryl methyl sites for hydroxylation is 2. The molecule has 0 saturated carbocycles. The Balaban J connectivity index is 1.67. The van der Waals surface area contributed by atoms with Crippen LogP contribution in [0.15, 0.2) is 18.3 Å². The molecule has 126 valence electrons. The molecule has 1 unspecified atom stereocenters. The van der Waals surface area contributed by atoms with Gasteiger partial charge in [0, 0.05) is 38.9 Å². The Morgan fingerprint density at radius 1 is 1.46 bits per heavy atom. The fourth-order valence-electron chi connectivity index (χ4n) is 2.56. The van der Waals surface area contributed by atoms with Gasteiger partial charge in [-0.05, 0) is 13.0 Å². The highest BCUT2D eigenvalue weighted by Crippen LogP contribution is 2.21. The van der Waals surface area contributed by atoms with Crippen LogP contribution in [0.5, 0.6) is 0 Å². The van der Waals surface area contributed by atoms with Crippen LogP contribution < -0.4 is 16.0 Å². The number of hydrogen-bond donors (Lipinski definition) is 3. The lowest BCUT2D eigenvalue weighted by Gasteiger charge is -2.24. The van der Waals surface area contributed by atoms with Crippen LogP contribution in [-0.2, 0) is 11.8 Å². The molecule has 0 bridgehead atoms. The molecule has 1 aliphatic heterocycles. The molecule has 24 heavy (non-hydrogen) atoms. The molecule has 1 fully saturated rings. The number of ether oxygens (including phenoxy) is 1. The molecule has 3 N–H and O–H groups in total. The van der Waals surface area contributed by atoms with Crippen molar-refractivity contribution in [2.24, 2.45) is 7.05 Å². The Bertz CT molecular complexity index is 743. The Hall–Kier alpha value is -2.63. The lowest BCUT2D eigenvalue weighted by molar-refractivity contribution is 0.0372. The van der Waals surface area contributed by atoms with Gasteiger partial charge in [-0.2, -0.15) is 10.4 Å². The van der Waals surface area contributed by atoms with Gasteiger partial charge in [-0.1, -0.05) is 0 Å². The lowest BCUT2D eigenvalue weighted by Crippen LogP contribution is -2.42. The monoisotopic (exact) mass is 327 g/mol. The van der Waals surface area contributed by atoms with Crippen molar-refractivity contribution in [2.45, 2.75) is 13.0 Å². The van der Waals surface area contributed by atoms with Crippen molar-refractivity contribution in [3.63, 3.8) is 0 Å². The Morgan fingerprint density at radius 3 is 3.04 bits per heavy atom. The van der Waals surface area contributed by atoms with E-state index in [0.29, 0.717) is 18.1 Å². The molecule has 2 aromatic rings. The summed E-state index contributed by atoms with van der Waals surface area (Å²) in [4.78, 5) is 0. The van der Waals surface area contributed by atoms with E-state index in [1.807, 2.05) is 26.2 Å². The van der Waals surface area contributed by atoms with Gasteiger partial charge in [-0.15, -0.1) is 5.10 Å². The maximum atomic E-state index is 9.02. The Kier molecular flexibility index (Phi) is 4.93. The maximum Gasteiger partial charge on any atom is 0.155 e. The zero-order valence-electron chi connectivity index (χ0n) is 13.8. The largest absolute Gasteiger partial charge is 0.381 e. The van der Waals surface area contributed by atoms with Crippen LogP contribution in [0.1, 0.15) is 11.4 Å². The van der Waals surface area contributed by atoms with Gasteiger partial charge >= 0.3 is 0 Å². The molecule has 1 aliphatic rings. The third-order valence-corrected chi connectivity index (χ3v) is 3.90. The van der Waals surface area contributed by atoms with Crippen LogP contribution >= 0.6 is 0 Å². The number of hydrogen-bond acceptors (Lipinski definition) is 7. The van der Waals surface area contributed by atoms with Crippen molar-refractivity contribution in [2.75, 3.05) is 36.9 Å². The highest BCUT2D eigenvalue weighted by Gasteiger charge is 2.14. The molecule has 2 aromatic heterocycles. The van der Waals surface area contributed by atoms with E-state index < -0.39 is 0 Å². The minimum atomic E-state index is 0.148. The Labute approximate surface area is 140 Å². The summed E-state index contributed by atoms with van der Waals surface area (Å²) in [6, 6.07) is 5.82. The summed E-state index contributed by atoms with van der Waals surface area (Å²) in [7, 11) is 1.83. The van der Waals surface area contributed by atoms with E-state index in [4.69, 9.17) is 10.00 Å². The van der Waals surface area contributed by atoms with Gasteiger partial charge < -0.3 is 25.3 Å². The first-order chi connectivity index (χ1) is 11.7. The van der Waals surface area contributed by atoms with E-state index in [2.05, 4.69) is 32.2 Å². The standard InChI is InChI=1S/C16H21N7O/c1-11-15(19-9-14-8-18-3-4-24-14)6-16(22-21-11)20-12-5-13(7-17)23(2)10-12/h5-6,10,14,18H,3-4,8-9H2,1-2H3,(H2,19,20,22). The number of nitriles is 1. The lowest BCUT2D eigenvalue weighted by atomic mass is 10.2. The molecule has 3 rings (SSSR count). The van der Waals surface area contributed by atoms with E-state index in [9.17, 15) is 0 Å². The van der Waals surface area contributed by atoms with Gasteiger partial charge in [0.15, 0.2) is 5.82 Å². The molecule has 0 amide bonds. The maximum absolute atomic E-state index is 9.02. The van der Waals surface area contributed by atoms with Crippen molar-refractivity contribution < 1.29 is 4.74 Å². The zero-order chi connectivity index (χ0) is 16.9. The minimum Gasteiger partial charge on any atom is -0.381 e. The van der Waals surface area contributed by atoms with E-state index in [0.717, 1.165) is 36.8 Å². The third kappa shape index (κ3) is 3.82. The molecule has 0 aromatic carbocycles. The smallest absolute Gasteiger partial charge is 0.155 e. The first-order valence-electron chi connectivity index (χ1n) is 7.89. The summed E-state index contributed by atoms with van der Waals surface area (Å²) >= 11 is 0. The summed E-state index contributed by atoms with van der Waals surface area (Å²) in [6.07, 6.45) is 1.99. The molecule has 0 aliphatic carbocycles. The second kappa shape index (κ2) is 7.29. The van der Waals surface area contributed by atoms with E-state index >= 15 is 0 Å². The number of anilines is 3. The van der Waals surface area contributed by atoms with Crippen molar-refractivity contribution in [1.82, 2.24) is 20.1 Å². The highest BCUT2D eigenvalue weighted by atomic mass is 16.5. The van der Waals surface area contributed by atoms with Gasteiger partial charge in [0.25, 0.3) is 0 Å². The molecular weight excluding hydrogens is 306 g/mol. The van der Waals surface area contributed by atoms with Crippen LogP contribution in [-0.4, -0.2) is 47.1 Å². The molecule has 1 saturated heterocycles. The first kappa shape index (κ1) is 16.2. The van der Waals surface area contributed by atoms with Gasteiger partial charge in [-0.25, -0.2) is 0 Å². The fourth-order valence-corrected chi connectivity index (χ4v) is 2.56. The zero-order valence-corrected chi connectivity index (χ0v) is 13.8. The Morgan fingerprint density at radius 2 is 2.33 bits per heavy atom. The third-order valence-electron chi connectivity index (χ3n) is 3.90. The van der Waals surface area contributed by atoms with Crippen molar-refractivity contribution >= 4 is 17.2 Å². The van der Waals surface area contributed by atoms with Crippen LogP contribution in [0.2, 0.25) is 0 Å². The molecule has 0 radical (unpaired) electrons. The van der Waals surface area contributed by atoms with Crippen LogP contribution in [0.4, 0.5) is 17.2 Å². The average Bonchev–Trinajstić information content (AvgIpc) is 2.95. The summed E-state index contributed by atoms with van der Waals surface area (Å²) < 4.78 is 7.44. The van der Waals surface area contributed by atoms with Crippen LogP contribution in [0, 0.1) is 18.3 Å². The van der Waals surface area contributed by atoms with Crippen molar-refractivity contribution in [3.8, 4) is 6.07 Å². The molecule has 3 heterocycles. The second-order valence-corrected chi connectivity index (χ2v) is 5.77. The highest BCUT2D eigenvalue weighted by molar-refractivity contribution is 5.62. The van der Waals surface area contributed by atoms with E-state index in [-0.39, 0.29) is 6.10 Å². The number of aromatic nitrogens is 3.